The number of carbonyl (C=O) groups is 2. The lowest BCUT2D eigenvalue weighted by atomic mass is 9.91. The first kappa shape index (κ1) is 21.5. The number of hydrogen-bond donors (Lipinski definition) is 3. The minimum absolute atomic E-state index is 0. The smallest absolute Gasteiger partial charge is 0.251 e. The monoisotopic (exact) mass is 367 g/mol. The lowest BCUT2D eigenvalue weighted by molar-refractivity contribution is 0.0919. The molecule has 140 valence electrons. The standard InChI is InChI=1S/C19H29N3O2.ClH/c1-19(2,3)12-21-17(23)13-4-6-14(7-5-13)18(24)22-16-10-8-15(20)9-11-16;/h4-7,15-16H,8-12,20H2,1-3H3,(H,21,23)(H,22,24);1H. The average molecular weight is 368 g/mol. The van der Waals surface area contributed by atoms with Crippen LogP contribution in [-0.2, 0) is 0 Å². The van der Waals surface area contributed by atoms with Crippen molar-refractivity contribution in [3.05, 3.63) is 35.4 Å². The molecule has 25 heavy (non-hydrogen) atoms. The number of benzene rings is 1. The quantitative estimate of drug-likeness (QED) is 0.765. The molecular formula is C19H30ClN3O2. The zero-order chi connectivity index (χ0) is 17.7. The van der Waals surface area contributed by atoms with Gasteiger partial charge in [0.15, 0.2) is 0 Å². The Kier molecular flexibility index (Phi) is 7.90. The molecule has 1 aliphatic rings. The highest BCUT2D eigenvalue weighted by molar-refractivity contribution is 5.97. The van der Waals surface area contributed by atoms with E-state index in [2.05, 4.69) is 31.4 Å². The fraction of sp³-hybridized carbons (Fsp3) is 0.579. The van der Waals surface area contributed by atoms with E-state index in [1.54, 1.807) is 24.3 Å². The van der Waals surface area contributed by atoms with Crippen molar-refractivity contribution in [3.63, 3.8) is 0 Å². The topological polar surface area (TPSA) is 84.2 Å². The van der Waals surface area contributed by atoms with Crippen LogP contribution in [0.15, 0.2) is 24.3 Å². The summed E-state index contributed by atoms with van der Waals surface area (Å²) in [4.78, 5) is 24.4. The highest BCUT2D eigenvalue weighted by atomic mass is 35.5. The van der Waals surface area contributed by atoms with E-state index in [0.717, 1.165) is 25.7 Å². The Morgan fingerprint density at radius 3 is 1.96 bits per heavy atom. The Labute approximate surface area is 156 Å². The van der Waals surface area contributed by atoms with Gasteiger partial charge in [-0.1, -0.05) is 20.8 Å². The van der Waals surface area contributed by atoms with Gasteiger partial charge in [0.05, 0.1) is 0 Å². The van der Waals surface area contributed by atoms with Crippen LogP contribution in [0.2, 0.25) is 0 Å². The predicted molar refractivity (Wildman–Crippen MR) is 103 cm³/mol. The predicted octanol–water partition coefficient (Wildman–Crippen LogP) is 2.88. The highest BCUT2D eigenvalue weighted by Crippen LogP contribution is 2.17. The van der Waals surface area contributed by atoms with Gasteiger partial charge in [0.25, 0.3) is 11.8 Å². The Morgan fingerprint density at radius 2 is 1.48 bits per heavy atom. The molecular weight excluding hydrogens is 338 g/mol. The van der Waals surface area contributed by atoms with Gasteiger partial charge < -0.3 is 16.4 Å². The molecule has 0 aromatic heterocycles. The summed E-state index contributed by atoms with van der Waals surface area (Å²) in [6.07, 6.45) is 3.77. The fourth-order valence-corrected chi connectivity index (χ4v) is 2.75. The Hall–Kier alpha value is -1.59. The molecule has 0 atom stereocenters. The van der Waals surface area contributed by atoms with Gasteiger partial charge in [-0.15, -0.1) is 12.4 Å². The van der Waals surface area contributed by atoms with Gasteiger partial charge in [0.1, 0.15) is 0 Å². The maximum atomic E-state index is 12.3. The molecule has 0 aliphatic heterocycles. The molecule has 4 N–H and O–H groups in total. The van der Waals surface area contributed by atoms with E-state index in [4.69, 9.17) is 5.73 Å². The first-order chi connectivity index (χ1) is 11.2. The molecule has 1 aliphatic carbocycles. The summed E-state index contributed by atoms with van der Waals surface area (Å²) < 4.78 is 0. The molecule has 1 fully saturated rings. The summed E-state index contributed by atoms with van der Waals surface area (Å²) in [6.45, 7) is 6.81. The summed E-state index contributed by atoms with van der Waals surface area (Å²) >= 11 is 0. The summed E-state index contributed by atoms with van der Waals surface area (Å²) in [5.74, 6) is -0.199. The minimum atomic E-state index is -0.113. The van der Waals surface area contributed by atoms with Crippen molar-refractivity contribution < 1.29 is 9.59 Å². The number of carbonyl (C=O) groups excluding carboxylic acids is 2. The summed E-state index contributed by atoms with van der Waals surface area (Å²) in [5.41, 5.74) is 7.07. The molecule has 1 aromatic carbocycles. The molecule has 0 spiro atoms. The van der Waals surface area contributed by atoms with Gasteiger partial charge in [-0.2, -0.15) is 0 Å². The third-order valence-electron chi connectivity index (χ3n) is 4.30. The van der Waals surface area contributed by atoms with Crippen LogP contribution in [0.25, 0.3) is 0 Å². The second kappa shape index (κ2) is 9.20. The van der Waals surface area contributed by atoms with Crippen LogP contribution in [0.4, 0.5) is 0 Å². The van der Waals surface area contributed by atoms with Gasteiger partial charge in [0, 0.05) is 29.8 Å². The number of nitrogens with two attached hydrogens (primary N) is 1. The van der Waals surface area contributed by atoms with Gasteiger partial charge >= 0.3 is 0 Å². The fourth-order valence-electron chi connectivity index (χ4n) is 2.75. The molecule has 2 amide bonds. The number of amides is 2. The minimum Gasteiger partial charge on any atom is -0.352 e. The van der Waals surface area contributed by atoms with Crippen LogP contribution < -0.4 is 16.4 Å². The van der Waals surface area contributed by atoms with E-state index in [1.807, 2.05) is 0 Å². The Balaban J connectivity index is 0.00000312. The van der Waals surface area contributed by atoms with Crippen LogP contribution in [0, 0.1) is 5.41 Å². The number of rotatable bonds is 4. The molecule has 0 radical (unpaired) electrons. The number of nitrogens with one attached hydrogen (secondary N) is 2. The van der Waals surface area contributed by atoms with Crippen molar-refractivity contribution >= 4 is 24.2 Å². The molecule has 0 unspecified atom stereocenters. The summed E-state index contributed by atoms with van der Waals surface area (Å²) in [6, 6.07) is 7.27. The molecule has 6 heteroatoms. The molecule has 2 rings (SSSR count). The van der Waals surface area contributed by atoms with Crippen molar-refractivity contribution in [1.82, 2.24) is 10.6 Å². The Bertz CT molecular complexity index is 573. The van der Waals surface area contributed by atoms with Crippen molar-refractivity contribution in [1.29, 1.82) is 0 Å². The van der Waals surface area contributed by atoms with Crippen molar-refractivity contribution in [2.24, 2.45) is 11.1 Å². The second-order valence-electron chi connectivity index (χ2n) is 7.91. The van der Waals surface area contributed by atoms with Crippen LogP contribution in [0.1, 0.15) is 67.2 Å². The first-order valence-electron chi connectivity index (χ1n) is 8.69. The van der Waals surface area contributed by atoms with Crippen molar-refractivity contribution in [2.75, 3.05) is 6.54 Å². The van der Waals surface area contributed by atoms with E-state index < -0.39 is 0 Å². The Morgan fingerprint density at radius 1 is 1.00 bits per heavy atom. The third-order valence-corrected chi connectivity index (χ3v) is 4.30. The lowest BCUT2D eigenvalue weighted by Crippen LogP contribution is -2.40. The number of hydrogen-bond acceptors (Lipinski definition) is 3. The van der Waals surface area contributed by atoms with E-state index in [9.17, 15) is 9.59 Å². The van der Waals surface area contributed by atoms with Crippen molar-refractivity contribution in [3.8, 4) is 0 Å². The molecule has 1 aromatic rings. The first-order valence-corrected chi connectivity index (χ1v) is 8.69. The zero-order valence-electron chi connectivity index (χ0n) is 15.3. The van der Waals surface area contributed by atoms with Crippen molar-refractivity contribution in [2.45, 2.75) is 58.5 Å². The normalized spacial score (nSPS) is 20.3. The largest absolute Gasteiger partial charge is 0.352 e. The third kappa shape index (κ3) is 7.04. The van der Waals surface area contributed by atoms with Crippen LogP contribution in [0.5, 0.6) is 0 Å². The van der Waals surface area contributed by atoms with Crippen LogP contribution in [0.3, 0.4) is 0 Å². The maximum absolute atomic E-state index is 12.3. The average Bonchev–Trinajstić information content (AvgIpc) is 2.54. The molecule has 5 nitrogen and oxygen atoms in total. The van der Waals surface area contributed by atoms with E-state index in [0.29, 0.717) is 17.7 Å². The summed E-state index contributed by atoms with van der Waals surface area (Å²) in [7, 11) is 0. The van der Waals surface area contributed by atoms with Gasteiger partial charge in [-0.3, -0.25) is 9.59 Å². The molecule has 0 saturated heterocycles. The molecule has 0 bridgehead atoms. The van der Waals surface area contributed by atoms with E-state index in [-0.39, 0.29) is 41.7 Å². The van der Waals surface area contributed by atoms with E-state index in [1.165, 1.54) is 0 Å². The van der Waals surface area contributed by atoms with Gasteiger partial charge in [-0.25, -0.2) is 0 Å². The number of halogens is 1. The van der Waals surface area contributed by atoms with Crippen LogP contribution in [-0.4, -0.2) is 30.4 Å². The lowest BCUT2D eigenvalue weighted by Gasteiger charge is -2.26. The second-order valence-corrected chi connectivity index (χ2v) is 7.91. The van der Waals surface area contributed by atoms with Gasteiger partial charge in [-0.05, 0) is 55.4 Å². The maximum Gasteiger partial charge on any atom is 0.251 e. The summed E-state index contributed by atoms with van der Waals surface area (Å²) in [5, 5.41) is 5.96. The molecule has 0 heterocycles. The molecule has 1 saturated carbocycles. The SMILES string of the molecule is CC(C)(C)CNC(=O)c1ccc(C(=O)NC2CCC(N)CC2)cc1.Cl. The van der Waals surface area contributed by atoms with E-state index >= 15 is 0 Å². The van der Waals surface area contributed by atoms with Gasteiger partial charge in [0.2, 0.25) is 0 Å². The highest BCUT2D eigenvalue weighted by Gasteiger charge is 2.20. The van der Waals surface area contributed by atoms with Crippen LogP contribution >= 0.6 is 12.4 Å². The zero-order valence-corrected chi connectivity index (χ0v) is 16.1.